The van der Waals surface area contributed by atoms with Crippen LogP contribution < -0.4 is 0 Å². The number of likely N-dealkylation sites (tertiary alicyclic amines) is 1. The van der Waals surface area contributed by atoms with Crippen LogP contribution in [-0.2, 0) is 6.42 Å². The molecular weight excluding hydrogens is 208 g/mol. The number of rotatable bonds is 4. The molecule has 16 heavy (non-hydrogen) atoms. The second-order valence-electron chi connectivity index (χ2n) is 4.47. The molecule has 2 rings (SSSR count). The number of nitrogens with zero attached hydrogens (tertiary/aromatic N) is 1. The van der Waals surface area contributed by atoms with Gasteiger partial charge in [-0.3, -0.25) is 4.90 Å². The number of benzene rings is 1. The van der Waals surface area contributed by atoms with E-state index in [1.165, 1.54) is 5.56 Å². The lowest BCUT2D eigenvalue weighted by atomic mass is 10.1. The van der Waals surface area contributed by atoms with Crippen LogP contribution >= 0.6 is 0 Å². The monoisotopic (exact) mass is 225 g/mol. The Kier molecular flexibility index (Phi) is 3.54. The predicted molar refractivity (Wildman–Crippen MR) is 60.8 cm³/mol. The molecule has 0 bridgehead atoms. The lowest BCUT2D eigenvalue weighted by Crippen LogP contribution is -2.26. The van der Waals surface area contributed by atoms with Crippen molar-refractivity contribution >= 4 is 0 Å². The Morgan fingerprint density at radius 3 is 2.56 bits per heavy atom. The molecule has 0 saturated carbocycles. The first-order valence-electron chi connectivity index (χ1n) is 5.80. The third kappa shape index (κ3) is 3.27. The SMILES string of the molecule is FC1(F)CCN(CCCc2ccccc2)C1. The highest BCUT2D eigenvalue weighted by atomic mass is 19.3. The molecule has 0 aromatic heterocycles. The van der Waals surface area contributed by atoms with Crippen LogP contribution in [0, 0.1) is 0 Å². The summed E-state index contributed by atoms with van der Waals surface area (Å²) in [7, 11) is 0. The van der Waals surface area contributed by atoms with Crippen LogP contribution in [0.15, 0.2) is 30.3 Å². The molecule has 1 aliphatic rings. The Hall–Kier alpha value is -0.960. The molecule has 1 aliphatic heterocycles. The first-order chi connectivity index (χ1) is 7.66. The molecule has 0 atom stereocenters. The molecule has 1 fully saturated rings. The van der Waals surface area contributed by atoms with Crippen molar-refractivity contribution in [3.8, 4) is 0 Å². The zero-order chi connectivity index (χ0) is 11.4. The van der Waals surface area contributed by atoms with Crippen molar-refractivity contribution in [3.05, 3.63) is 35.9 Å². The van der Waals surface area contributed by atoms with Crippen LogP contribution in [0.2, 0.25) is 0 Å². The van der Waals surface area contributed by atoms with Crippen molar-refractivity contribution in [2.45, 2.75) is 25.2 Å². The van der Waals surface area contributed by atoms with Gasteiger partial charge in [-0.25, -0.2) is 8.78 Å². The lowest BCUT2D eigenvalue weighted by molar-refractivity contribution is 0.0122. The topological polar surface area (TPSA) is 3.24 Å². The molecule has 0 unspecified atom stereocenters. The number of hydrogen-bond acceptors (Lipinski definition) is 1. The number of aryl methyl sites for hydroxylation is 1. The van der Waals surface area contributed by atoms with Gasteiger partial charge in [-0.15, -0.1) is 0 Å². The van der Waals surface area contributed by atoms with E-state index >= 15 is 0 Å². The molecule has 0 N–H and O–H groups in total. The lowest BCUT2D eigenvalue weighted by Gasteiger charge is -2.15. The smallest absolute Gasteiger partial charge is 0.261 e. The Labute approximate surface area is 95.1 Å². The summed E-state index contributed by atoms with van der Waals surface area (Å²) in [6.45, 7) is 1.27. The fraction of sp³-hybridized carbons (Fsp3) is 0.538. The van der Waals surface area contributed by atoms with Gasteiger partial charge in [-0.2, -0.15) is 0 Å². The molecule has 0 amide bonds. The Balaban J connectivity index is 1.70. The molecule has 0 radical (unpaired) electrons. The van der Waals surface area contributed by atoms with Crippen LogP contribution in [0.3, 0.4) is 0 Å². The minimum atomic E-state index is -2.45. The second-order valence-corrected chi connectivity index (χ2v) is 4.47. The summed E-state index contributed by atoms with van der Waals surface area (Å²) in [4.78, 5) is 1.86. The molecule has 88 valence electrons. The molecule has 3 heteroatoms. The fourth-order valence-corrected chi connectivity index (χ4v) is 2.15. The normalized spacial score (nSPS) is 20.1. The first-order valence-corrected chi connectivity index (χ1v) is 5.80. The second kappa shape index (κ2) is 4.91. The van der Waals surface area contributed by atoms with Crippen molar-refractivity contribution in [1.82, 2.24) is 4.90 Å². The summed E-state index contributed by atoms with van der Waals surface area (Å²) >= 11 is 0. The quantitative estimate of drug-likeness (QED) is 0.761. The molecule has 1 aromatic carbocycles. The van der Waals surface area contributed by atoms with Crippen molar-refractivity contribution in [3.63, 3.8) is 0 Å². The standard InChI is InChI=1S/C13H17F2N/c14-13(15)8-10-16(11-13)9-4-7-12-5-2-1-3-6-12/h1-3,5-6H,4,7-11H2. The van der Waals surface area contributed by atoms with E-state index in [2.05, 4.69) is 12.1 Å². The first kappa shape index (κ1) is 11.5. The molecule has 1 nitrogen and oxygen atoms in total. The highest BCUT2D eigenvalue weighted by Crippen LogP contribution is 2.26. The van der Waals surface area contributed by atoms with Gasteiger partial charge in [0.25, 0.3) is 5.92 Å². The molecule has 1 heterocycles. The van der Waals surface area contributed by atoms with Gasteiger partial charge in [0.1, 0.15) is 0 Å². The fourth-order valence-electron chi connectivity index (χ4n) is 2.15. The van der Waals surface area contributed by atoms with E-state index in [0.717, 1.165) is 19.4 Å². The summed E-state index contributed by atoms with van der Waals surface area (Å²) in [6, 6.07) is 10.2. The maximum atomic E-state index is 12.9. The van der Waals surface area contributed by atoms with E-state index in [4.69, 9.17) is 0 Å². The molecule has 0 spiro atoms. The number of alkyl halides is 2. The minimum Gasteiger partial charge on any atom is -0.297 e. The molecule has 1 aromatic rings. The van der Waals surface area contributed by atoms with Crippen LogP contribution in [-0.4, -0.2) is 30.5 Å². The zero-order valence-corrected chi connectivity index (χ0v) is 9.33. The van der Waals surface area contributed by atoms with E-state index in [9.17, 15) is 8.78 Å². The highest BCUT2D eigenvalue weighted by Gasteiger charge is 2.37. The Morgan fingerprint density at radius 2 is 1.94 bits per heavy atom. The van der Waals surface area contributed by atoms with Crippen LogP contribution in [0.25, 0.3) is 0 Å². The van der Waals surface area contributed by atoms with Gasteiger partial charge in [0.2, 0.25) is 0 Å². The maximum absolute atomic E-state index is 12.9. The van der Waals surface area contributed by atoms with Gasteiger partial charge in [0.15, 0.2) is 0 Å². The van der Waals surface area contributed by atoms with Crippen LogP contribution in [0.5, 0.6) is 0 Å². The summed E-state index contributed by atoms with van der Waals surface area (Å²) in [5.41, 5.74) is 1.29. The Morgan fingerprint density at radius 1 is 1.19 bits per heavy atom. The molecule has 0 aliphatic carbocycles. The minimum absolute atomic E-state index is 0.0261. The zero-order valence-electron chi connectivity index (χ0n) is 9.33. The average molecular weight is 225 g/mol. The van der Waals surface area contributed by atoms with Gasteiger partial charge < -0.3 is 0 Å². The van der Waals surface area contributed by atoms with Gasteiger partial charge in [-0.1, -0.05) is 30.3 Å². The van der Waals surface area contributed by atoms with Crippen molar-refractivity contribution in [2.75, 3.05) is 19.6 Å². The summed E-state index contributed by atoms with van der Waals surface area (Å²) in [5, 5.41) is 0. The van der Waals surface area contributed by atoms with E-state index in [0.29, 0.717) is 6.54 Å². The Bertz CT molecular complexity index is 324. The van der Waals surface area contributed by atoms with Crippen molar-refractivity contribution in [2.24, 2.45) is 0 Å². The highest BCUT2D eigenvalue weighted by molar-refractivity contribution is 5.14. The van der Waals surface area contributed by atoms with Gasteiger partial charge in [-0.05, 0) is 24.9 Å². The van der Waals surface area contributed by atoms with E-state index in [1.54, 1.807) is 0 Å². The third-order valence-electron chi connectivity index (χ3n) is 3.03. The van der Waals surface area contributed by atoms with E-state index < -0.39 is 5.92 Å². The summed E-state index contributed by atoms with van der Waals surface area (Å²) < 4.78 is 25.8. The maximum Gasteiger partial charge on any atom is 0.261 e. The van der Waals surface area contributed by atoms with Crippen molar-refractivity contribution in [1.29, 1.82) is 0 Å². The predicted octanol–water partition coefficient (Wildman–Crippen LogP) is 2.96. The molecule has 1 saturated heterocycles. The van der Waals surface area contributed by atoms with Crippen LogP contribution in [0.1, 0.15) is 18.4 Å². The average Bonchev–Trinajstić information content (AvgIpc) is 2.60. The number of halogens is 2. The van der Waals surface area contributed by atoms with Gasteiger partial charge >= 0.3 is 0 Å². The van der Waals surface area contributed by atoms with E-state index in [-0.39, 0.29) is 13.0 Å². The van der Waals surface area contributed by atoms with Crippen LogP contribution in [0.4, 0.5) is 8.78 Å². The van der Waals surface area contributed by atoms with Crippen molar-refractivity contribution < 1.29 is 8.78 Å². The van der Waals surface area contributed by atoms with Gasteiger partial charge in [0, 0.05) is 13.0 Å². The molecular formula is C13H17F2N. The summed E-state index contributed by atoms with van der Waals surface area (Å²) in [6.07, 6.45) is 1.96. The third-order valence-corrected chi connectivity index (χ3v) is 3.03. The van der Waals surface area contributed by atoms with E-state index in [1.807, 2.05) is 23.1 Å². The summed E-state index contributed by atoms with van der Waals surface area (Å²) in [5.74, 6) is -2.45. The van der Waals surface area contributed by atoms with Gasteiger partial charge in [0.05, 0.1) is 6.54 Å². The largest absolute Gasteiger partial charge is 0.297 e. The number of hydrogen-bond donors (Lipinski definition) is 0.